The van der Waals surface area contributed by atoms with Gasteiger partial charge in [-0.3, -0.25) is 0 Å². The zero-order chi connectivity index (χ0) is 18.8. The van der Waals surface area contributed by atoms with E-state index in [-0.39, 0.29) is 0 Å². The van der Waals surface area contributed by atoms with E-state index in [1.807, 2.05) is 54.6 Å². The summed E-state index contributed by atoms with van der Waals surface area (Å²) >= 11 is 0. The van der Waals surface area contributed by atoms with E-state index in [4.69, 9.17) is 9.47 Å². The van der Waals surface area contributed by atoms with Gasteiger partial charge in [0.05, 0.1) is 25.5 Å². The Hall–Kier alpha value is -3.61. The fraction of sp³-hybridized carbons (Fsp3) is 0.150. The molecule has 0 bridgehead atoms. The highest BCUT2D eigenvalue weighted by Gasteiger charge is 2.35. The molecule has 0 radical (unpaired) electrons. The Morgan fingerprint density at radius 3 is 2.48 bits per heavy atom. The number of nitrogens with one attached hydrogen (secondary N) is 1. The molecule has 7 heteroatoms. The van der Waals surface area contributed by atoms with Crippen LogP contribution in [0, 0.1) is 0 Å². The van der Waals surface area contributed by atoms with Crippen LogP contribution in [0.25, 0.3) is 5.70 Å². The van der Waals surface area contributed by atoms with Crippen molar-refractivity contribution in [1.82, 2.24) is 14.8 Å². The zero-order valence-electron chi connectivity index (χ0n) is 14.9. The van der Waals surface area contributed by atoms with Crippen molar-refractivity contribution >= 4 is 17.6 Å². The predicted molar refractivity (Wildman–Crippen MR) is 100 cm³/mol. The second-order valence-corrected chi connectivity index (χ2v) is 5.98. The van der Waals surface area contributed by atoms with Crippen LogP contribution in [0.15, 0.2) is 66.5 Å². The van der Waals surface area contributed by atoms with E-state index >= 15 is 0 Å². The Morgan fingerprint density at radius 2 is 1.81 bits per heavy atom. The summed E-state index contributed by atoms with van der Waals surface area (Å²) in [5.74, 6) is 0.865. The number of hydrogen-bond donors (Lipinski definition) is 1. The molecule has 1 atom stereocenters. The minimum atomic E-state index is -0.475. The molecule has 27 heavy (non-hydrogen) atoms. The molecule has 2 heterocycles. The first-order chi connectivity index (χ1) is 13.2. The lowest BCUT2D eigenvalue weighted by atomic mass is 9.93. The Balaban J connectivity index is 1.94. The van der Waals surface area contributed by atoms with Crippen LogP contribution in [0.5, 0.6) is 5.75 Å². The SMILES string of the molecule is COC(=O)C1=C(c2ccccc2)Nc2ncnn2[C@@H]1c1ccc(OC)cc1. The first-order valence-corrected chi connectivity index (χ1v) is 8.41. The Labute approximate surface area is 156 Å². The molecule has 1 N–H and O–H groups in total. The van der Waals surface area contributed by atoms with Gasteiger partial charge in [-0.1, -0.05) is 42.5 Å². The first-order valence-electron chi connectivity index (χ1n) is 8.41. The van der Waals surface area contributed by atoms with Gasteiger partial charge in [-0.2, -0.15) is 10.1 Å². The van der Waals surface area contributed by atoms with Crippen molar-refractivity contribution in [2.24, 2.45) is 0 Å². The van der Waals surface area contributed by atoms with Crippen LogP contribution >= 0.6 is 0 Å². The average molecular weight is 362 g/mol. The quantitative estimate of drug-likeness (QED) is 0.719. The summed E-state index contributed by atoms with van der Waals surface area (Å²) in [6.45, 7) is 0. The van der Waals surface area contributed by atoms with Crippen LogP contribution in [0.1, 0.15) is 17.2 Å². The molecule has 136 valence electrons. The largest absolute Gasteiger partial charge is 0.497 e. The van der Waals surface area contributed by atoms with Crippen molar-refractivity contribution in [3.63, 3.8) is 0 Å². The number of nitrogens with zero attached hydrogens (tertiary/aromatic N) is 3. The third-order valence-electron chi connectivity index (χ3n) is 4.50. The van der Waals surface area contributed by atoms with Crippen molar-refractivity contribution < 1.29 is 14.3 Å². The van der Waals surface area contributed by atoms with E-state index < -0.39 is 12.0 Å². The molecule has 0 amide bonds. The van der Waals surface area contributed by atoms with Crippen molar-refractivity contribution in [1.29, 1.82) is 0 Å². The number of fused-ring (bicyclic) bond motifs is 1. The molecule has 7 nitrogen and oxygen atoms in total. The molecular weight excluding hydrogens is 344 g/mol. The van der Waals surface area contributed by atoms with Crippen LogP contribution in [0.4, 0.5) is 5.95 Å². The number of hydrogen-bond acceptors (Lipinski definition) is 6. The van der Waals surface area contributed by atoms with Gasteiger partial charge in [0, 0.05) is 0 Å². The van der Waals surface area contributed by atoms with Gasteiger partial charge >= 0.3 is 5.97 Å². The Bertz CT molecular complexity index is 994. The highest BCUT2D eigenvalue weighted by molar-refractivity contribution is 6.02. The summed E-state index contributed by atoms with van der Waals surface area (Å²) in [5, 5.41) is 7.55. The summed E-state index contributed by atoms with van der Waals surface area (Å²) in [6.07, 6.45) is 1.46. The van der Waals surface area contributed by atoms with Gasteiger partial charge in [0.1, 0.15) is 18.1 Å². The van der Waals surface area contributed by atoms with Gasteiger partial charge < -0.3 is 14.8 Å². The molecular formula is C20H18N4O3. The van der Waals surface area contributed by atoms with Crippen LogP contribution in [0.3, 0.4) is 0 Å². The molecule has 1 aliphatic rings. The predicted octanol–water partition coefficient (Wildman–Crippen LogP) is 2.89. The molecule has 0 fully saturated rings. The van der Waals surface area contributed by atoms with E-state index in [1.165, 1.54) is 13.4 Å². The normalized spacial score (nSPS) is 15.7. The topological polar surface area (TPSA) is 78.3 Å². The molecule has 4 rings (SSSR count). The molecule has 0 aliphatic carbocycles. The van der Waals surface area contributed by atoms with Crippen LogP contribution in [0.2, 0.25) is 0 Å². The maximum Gasteiger partial charge on any atom is 0.338 e. The number of aromatic nitrogens is 3. The zero-order valence-corrected chi connectivity index (χ0v) is 14.9. The van der Waals surface area contributed by atoms with Gasteiger partial charge in [0.25, 0.3) is 0 Å². The van der Waals surface area contributed by atoms with Crippen LogP contribution in [-0.2, 0) is 9.53 Å². The first kappa shape index (κ1) is 16.8. The maximum absolute atomic E-state index is 12.8. The molecule has 1 aromatic heterocycles. The fourth-order valence-corrected chi connectivity index (χ4v) is 3.22. The highest BCUT2D eigenvalue weighted by atomic mass is 16.5. The van der Waals surface area contributed by atoms with Gasteiger partial charge in [-0.25, -0.2) is 9.48 Å². The standard InChI is InChI=1S/C20H18N4O3/c1-26-15-10-8-14(9-11-15)18-16(19(25)27-2)17(13-6-4-3-5-7-13)23-20-21-12-22-24(18)20/h3-12,18H,1-2H3,(H,21,22,23)/t18-/m1/s1. The third-order valence-corrected chi connectivity index (χ3v) is 4.50. The lowest BCUT2D eigenvalue weighted by molar-refractivity contribution is -0.136. The van der Waals surface area contributed by atoms with Crippen LogP contribution in [-0.4, -0.2) is 35.0 Å². The summed E-state index contributed by atoms with van der Waals surface area (Å²) in [4.78, 5) is 17.1. The van der Waals surface area contributed by atoms with E-state index in [1.54, 1.807) is 11.8 Å². The molecule has 2 aromatic carbocycles. The minimum Gasteiger partial charge on any atom is -0.497 e. The molecule has 0 unspecified atom stereocenters. The van der Waals surface area contributed by atoms with E-state index in [9.17, 15) is 4.79 Å². The summed E-state index contributed by atoms with van der Waals surface area (Å²) in [7, 11) is 2.99. The lowest BCUT2D eigenvalue weighted by Crippen LogP contribution is -2.29. The maximum atomic E-state index is 12.8. The number of methoxy groups -OCH3 is 2. The van der Waals surface area contributed by atoms with Crippen molar-refractivity contribution in [3.05, 3.63) is 77.6 Å². The summed E-state index contributed by atoms with van der Waals surface area (Å²) in [5.41, 5.74) is 2.86. The van der Waals surface area contributed by atoms with Gasteiger partial charge in [-0.05, 0) is 23.3 Å². The third kappa shape index (κ3) is 2.93. The number of rotatable bonds is 4. The van der Waals surface area contributed by atoms with Gasteiger partial charge in [0.2, 0.25) is 5.95 Å². The van der Waals surface area contributed by atoms with E-state index in [0.29, 0.717) is 17.2 Å². The smallest absolute Gasteiger partial charge is 0.338 e. The van der Waals surface area contributed by atoms with Crippen molar-refractivity contribution in [3.8, 4) is 5.75 Å². The minimum absolute atomic E-state index is 0.427. The number of benzene rings is 2. The van der Waals surface area contributed by atoms with E-state index in [0.717, 1.165) is 16.9 Å². The lowest BCUT2D eigenvalue weighted by Gasteiger charge is -2.29. The van der Waals surface area contributed by atoms with Crippen molar-refractivity contribution in [2.75, 3.05) is 19.5 Å². The van der Waals surface area contributed by atoms with Gasteiger partial charge in [0.15, 0.2) is 0 Å². The molecule has 0 saturated heterocycles. The summed E-state index contributed by atoms with van der Waals surface area (Å²) < 4.78 is 12.0. The molecule has 3 aromatic rings. The molecule has 0 spiro atoms. The Morgan fingerprint density at radius 1 is 1.07 bits per heavy atom. The van der Waals surface area contributed by atoms with Crippen molar-refractivity contribution in [2.45, 2.75) is 6.04 Å². The number of carbonyl (C=O) groups excluding carboxylic acids is 1. The molecule has 0 saturated carbocycles. The van der Waals surface area contributed by atoms with E-state index in [2.05, 4.69) is 15.4 Å². The molecule has 1 aliphatic heterocycles. The number of esters is 1. The Kier molecular flexibility index (Phi) is 4.33. The number of anilines is 1. The number of carbonyl (C=O) groups is 1. The monoisotopic (exact) mass is 362 g/mol. The average Bonchev–Trinajstić information content (AvgIpc) is 3.21. The highest BCUT2D eigenvalue weighted by Crippen LogP contribution is 2.38. The number of ether oxygens (including phenoxy) is 2. The summed E-state index contributed by atoms with van der Waals surface area (Å²) in [6, 6.07) is 16.7. The fourth-order valence-electron chi connectivity index (χ4n) is 3.22. The van der Waals surface area contributed by atoms with Crippen LogP contribution < -0.4 is 10.1 Å². The van der Waals surface area contributed by atoms with Gasteiger partial charge in [-0.15, -0.1) is 0 Å². The second-order valence-electron chi connectivity index (χ2n) is 5.98. The second kappa shape index (κ2) is 6.95.